The summed E-state index contributed by atoms with van der Waals surface area (Å²) < 4.78 is 2.90. The lowest BCUT2D eigenvalue weighted by molar-refractivity contribution is 0.526. The zero-order valence-electron chi connectivity index (χ0n) is 11.5. The molecule has 1 N–H and O–H groups in total. The van der Waals surface area contributed by atoms with E-state index in [1.165, 1.54) is 11.1 Å². The van der Waals surface area contributed by atoms with Crippen LogP contribution in [-0.2, 0) is 19.4 Å². The van der Waals surface area contributed by atoms with Gasteiger partial charge in [-0.3, -0.25) is 4.40 Å². The molecule has 3 aromatic rings. The van der Waals surface area contributed by atoms with Crippen LogP contribution in [0.25, 0.3) is 5.65 Å². The Morgan fingerprint density at radius 1 is 1.14 bits per heavy atom. The normalized spacial score (nSPS) is 14.7. The second kappa shape index (κ2) is 5.24. The van der Waals surface area contributed by atoms with Crippen LogP contribution in [0.3, 0.4) is 0 Å². The lowest BCUT2D eigenvalue weighted by Crippen LogP contribution is -2.29. The molecule has 1 aliphatic carbocycles. The second-order valence-electron chi connectivity index (χ2n) is 5.44. The summed E-state index contributed by atoms with van der Waals surface area (Å²) in [5.74, 6) is 0. The van der Waals surface area contributed by atoms with E-state index in [9.17, 15) is 0 Å². The number of fused-ring (bicyclic) bond motifs is 2. The molecule has 0 amide bonds. The maximum absolute atomic E-state index is 4.38. The average molecular weight is 343 g/mol. The molecular weight excluding hydrogens is 328 g/mol. The topological polar surface area (TPSA) is 42.2 Å². The van der Waals surface area contributed by atoms with Crippen molar-refractivity contribution >= 4 is 21.6 Å². The van der Waals surface area contributed by atoms with Crippen LogP contribution in [0.2, 0.25) is 0 Å². The molecule has 0 atom stereocenters. The Kier molecular flexibility index (Phi) is 3.24. The van der Waals surface area contributed by atoms with E-state index in [1.54, 1.807) is 6.20 Å². The maximum Gasteiger partial charge on any atom is 0.155 e. The Bertz CT molecular complexity index is 771. The summed E-state index contributed by atoms with van der Waals surface area (Å²) in [6, 6.07) is 9.22. The van der Waals surface area contributed by atoms with Crippen molar-refractivity contribution in [3.8, 4) is 0 Å². The Hall–Kier alpha value is -1.72. The number of hydrogen-bond acceptors (Lipinski definition) is 3. The lowest BCUT2D eigenvalue weighted by atomic mass is 10.1. The maximum atomic E-state index is 4.38. The summed E-state index contributed by atoms with van der Waals surface area (Å²) in [5, 5.41) is 3.65. The number of aromatic nitrogens is 3. The van der Waals surface area contributed by atoms with Crippen LogP contribution in [0.15, 0.2) is 47.5 Å². The fourth-order valence-electron chi connectivity index (χ4n) is 3.00. The van der Waals surface area contributed by atoms with E-state index in [4.69, 9.17) is 0 Å². The predicted octanol–water partition coefficient (Wildman–Crippen LogP) is 2.75. The fraction of sp³-hybridized carbons (Fsp3) is 0.250. The van der Waals surface area contributed by atoms with E-state index in [0.717, 1.165) is 35.3 Å². The highest BCUT2D eigenvalue weighted by atomic mass is 79.9. The highest BCUT2D eigenvalue weighted by Crippen LogP contribution is 2.22. The Labute approximate surface area is 131 Å². The number of nitrogens with one attached hydrogen (secondary N) is 1. The van der Waals surface area contributed by atoms with Crippen LogP contribution < -0.4 is 5.32 Å². The predicted molar refractivity (Wildman–Crippen MR) is 85.2 cm³/mol. The van der Waals surface area contributed by atoms with Crippen molar-refractivity contribution in [2.24, 2.45) is 0 Å². The first-order valence-corrected chi connectivity index (χ1v) is 7.86. The molecule has 4 nitrogen and oxygen atoms in total. The highest BCUT2D eigenvalue weighted by molar-refractivity contribution is 9.10. The van der Waals surface area contributed by atoms with Crippen LogP contribution in [0.5, 0.6) is 0 Å². The van der Waals surface area contributed by atoms with Gasteiger partial charge in [-0.25, -0.2) is 9.97 Å². The number of rotatable bonds is 3. The summed E-state index contributed by atoms with van der Waals surface area (Å²) in [7, 11) is 0. The van der Waals surface area contributed by atoms with Gasteiger partial charge in [0.05, 0.1) is 18.1 Å². The van der Waals surface area contributed by atoms with Gasteiger partial charge >= 0.3 is 0 Å². The van der Waals surface area contributed by atoms with Gasteiger partial charge in [0.2, 0.25) is 0 Å². The van der Waals surface area contributed by atoms with Crippen molar-refractivity contribution in [2.45, 2.75) is 25.4 Å². The van der Waals surface area contributed by atoms with Crippen molar-refractivity contribution in [3.05, 3.63) is 64.3 Å². The Morgan fingerprint density at radius 3 is 2.67 bits per heavy atom. The Morgan fingerprint density at radius 2 is 1.90 bits per heavy atom. The summed E-state index contributed by atoms with van der Waals surface area (Å²) in [6.45, 7) is 0.816. The molecule has 0 saturated heterocycles. The van der Waals surface area contributed by atoms with E-state index < -0.39 is 0 Å². The van der Waals surface area contributed by atoms with Gasteiger partial charge in [-0.2, -0.15) is 0 Å². The van der Waals surface area contributed by atoms with Gasteiger partial charge in [-0.15, -0.1) is 0 Å². The molecule has 21 heavy (non-hydrogen) atoms. The molecule has 0 spiro atoms. The Balaban J connectivity index is 1.49. The highest BCUT2D eigenvalue weighted by Gasteiger charge is 2.20. The molecule has 0 unspecified atom stereocenters. The van der Waals surface area contributed by atoms with E-state index >= 15 is 0 Å². The molecule has 0 radical (unpaired) electrons. The molecule has 0 aliphatic heterocycles. The molecule has 2 aromatic heterocycles. The zero-order valence-corrected chi connectivity index (χ0v) is 13.0. The van der Waals surface area contributed by atoms with Crippen molar-refractivity contribution < 1.29 is 0 Å². The molecule has 0 fully saturated rings. The SMILES string of the molecule is Brc1cn2c(CNC3Cc4ccccc4C3)cnc2cn1. The number of nitrogens with zero attached hydrogens (tertiary/aromatic N) is 3. The van der Waals surface area contributed by atoms with Crippen molar-refractivity contribution in [1.29, 1.82) is 0 Å². The van der Waals surface area contributed by atoms with Crippen molar-refractivity contribution in [2.75, 3.05) is 0 Å². The molecule has 2 heterocycles. The molecule has 0 bridgehead atoms. The standard InChI is InChI=1S/C16H15BrN4/c17-15-10-21-14(8-20-16(21)9-19-15)7-18-13-5-11-3-1-2-4-12(11)6-13/h1-4,8-10,13,18H,5-7H2. The van der Waals surface area contributed by atoms with Gasteiger partial charge in [0, 0.05) is 18.8 Å². The third kappa shape index (κ3) is 2.47. The first-order valence-electron chi connectivity index (χ1n) is 7.07. The average Bonchev–Trinajstić information content (AvgIpc) is 3.07. The monoisotopic (exact) mass is 342 g/mol. The quantitative estimate of drug-likeness (QED) is 0.795. The largest absolute Gasteiger partial charge is 0.308 e. The third-order valence-corrected chi connectivity index (χ3v) is 4.47. The molecule has 106 valence electrons. The van der Waals surface area contributed by atoms with Crippen LogP contribution in [-0.4, -0.2) is 20.4 Å². The van der Waals surface area contributed by atoms with Crippen molar-refractivity contribution in [1.82, 2.24) is 19.7 Å². The van der Waals surface area contributed by atoms with Gasteiger partial charge in [-0.1, -0.05) is 24.3 Å². The lowest BCUT2D eigenvalue weighted by Gasteiger charge is -2.11. The first kappa shape index (κ1) is 13.0. The smallest absolute Gasteiger partial charge is 0.155 e. The molecule has 1 aliphatic rings. The summed E-state index contributed by atoms with van der Waals surface area (Å²) in [6.07, 6.45) is 7.87. The molecule has 1 aromatic carbocycles. The van der Waals surface area contributed by atoms with E-state index in [1.807, 2.05) is 12.4 Å². The van der Waals surface area contributed by atoms with Gasteiger partial charge < -0.3 is 5.32 Å². The van der Waals surface area contributed by atoms with Gasteiger partial charge in [0.1, 0.15) is 4.60 Å². The minimum absolute atomic E-state index is 0.512. The summed E-state index contributed by atoms with van der Waals surface area (Å²) in [4.78, 5) is 8.58. The van der Waals surface area contributed by atoms with Crippen LogP contribution in [0, 0.1) is 0 Å². The van der Waals surface area contributed by atoms with Crippen LogP contribution in [0.4, 0.5) is 0 Å². The molecular formula is C16H15BrN4. The zero-order chi connectivity index (χ0) is 14.2. The van der Waals surface area contributed by atoms with E-state index in [0.29, 0.717) is 6.04 Å². The molecule has 5 heteroatoms. The van der Waals surface area contributed by atoms with Crippen molar-refractivity contribution in [3.63, 3.8) is 0 Å². The number of benzene rings is 1. The molecule has 0 saturated carbocycles. The van der Waals surface area contributed by atoms with Crippen LogP contribution >= 0.6 is 15.9 Å². The van der Waals surface area contributed by atoms with Gasteiger partial charge in [-0.05, 0) is 39.9 Å². The summed E-state index contributed by atoms with van der Waals surface area (Å²) in [5.41, 5.74) is 4.98. The number of halogens is 1. The van der Waals surface area contributed by atoms with Crippen LogP contribution in [0.1, 0.15) is 16.8 Å². The van der Waals surface area contributed by atoms with Gasteiger partial charge in [0.25, 0.3) is 0 Å². The fourth-order valence-corrected chi connectivity index (χ4v) is 3.31. The summed E-state index contributed by atoms with van der Waals surface area (Å²) >= 11 is 3.41. The first-order chi connectivity index (χ1) is 10.3. The number of imidazole rings is 1. The number of hydrogen-bond donors (Lipinski definition) is 1. The third-order valence-electron chi connectivity index (χ3n) is 4.06. The molecule has 4 rings (SSSR count). The van der Waals surface area contributed by atoms with E-state index in [2.05, 4.69) is 59.9 Å². The van der Waals surface area contributed by atoms with E-state index in [-0.39, 0.29) is 0 Å². The minimum atomic E-state index is 0.512. The minimum Gasteiger partial charge on any atom is -0.308 e. The van der Waals surface area contributed by atoms with Gasteiger partial charge in [0.15, 0.2) is 5.65 Å². The second-order valence-corrected chi connectivity index (χ2v) is 6.26.